The summed E-state index contributed by atoms with van der Waals surface area (Å²) in [4.78, 5) is 38.7. The first kappa shape index (κ1) is 19.1. The first-order valence-electron chi connectivity index (χ1n) is 8.96. The van der Waals surface area contributed by atoms with E-state index >= 15 is 0 Å². The highest BCUT2D eigenvalue weighted by Gasteiger charge is 2.49. The molecule has 9 heteroatoms. The van der Waals surface area contributed by atoms with Crippen LogP contribution in [0.15, 0.2) is 42.5 Å². The van der Waals surface area contributed by atoms with Crippen molar-refractivity contribution in [2.45, 2.75) is 12.5 Å². The number of benzene rings is 2. The van der Waals surface area contributed by atoms with Crippen molar-refractivity contribution in [1.29, 1.82) is 0 Å². The lowest BCUT2D eigenvalue weighted by Crippen LogP contribution is -2.42. The Bertz CT molecular complexity index is 1010. The van der Waals surface area contributed by atoms with Gasteiger partial charge in [0.25, 0.3) is 5.91 Å². The molecule has 2 aromatic rings. The Balaban J connectivity index is 1.51. The van der Waals surface area contributed by atoms with E-state index in [2.05, 4.69) is 10.6 Å². The van der Waals surface area contributed by atoms with Crippen molar-refractivity contribution in [3.63, 3.8) is 0 Å². The van der Waals surface area contributed by atoms with E-state index in [-0.39, 0.29) is 0 Å². The second-order valence-corrected chi connectivity index (χ2v) is 7.30. The summed E-state index contributed by atoms with van der Waals surface area (Å²) in [7, 11) is 0. The number of hydrogen-bond donors (Lipinski definition) is 2. The molecule has 0 saturated carbocycles. The van der Waals surface area contributed by atoms with Crippen molar-refractivity contribution in [1.82, 2.24) is 10.2 Å². The van der Waals surface area contributed by atoms with Crippen LogP contribution in [0.1, 0.15) is 12.5 Å². The van der Waals surface area contributed by atoms with E-state index in [0.717, 1.165) is 4.90 Å². The lowest BCUT2D eigenvalue weighted by atomic mass is 9.91. The summed E-state index contributed by atoms with van der Waals surface area (Å²) in [6.07, 6.45) is 0. The first-order chi connectivity index (χ1) is 13.9. The number of ether oxygens (including phenoxy) is 2. The maximum atomic E-state index is 13.0. The van der Waals surface area contributed by atoms with Gasteiger partial charge in [0.05, 0.1) is 0 Å². The van der Waals surface area contributed by atoms with E-state index in [9.17, 15) is 14.4 Å². The second kappa shape index (κ2) is 7.29. The molecule has 0 unspecified atom stereocenters. The maximum absolute atomic E-state index is 13.0. The minimum Gasteiger partial charge on any atom is -0.486 e. The predicted molar refractivity (Wildman–Crippen MR) is 105 cm³/mol. The molecule has 2 N–H and O–H groups in total. The Morgan fingerprint density at radius 1 is 1.17 bits per heavy atom. The Morgan fingerprint density at radius 2 is 1.93 bits per heavy atom. The van der Waals surface area contributed by atoms with E-state index in [4.69, 9.17) is 21.1 Å². The fourth-order valence-corrected chi connectivity index (χ4v) is 3.49. The molecule has 4 amide bonds. The number of nitrogens with one attached hydrogen (secondary N) is 2. The molecular formula is C20H18ClN3O5. The summed E-state index contributed by atoms with van der Waals surface area (Å²) < 4.78 is 11.1. The van der Waals surface area contributed by atoms with Crippen LogP contribution in [0.3, 0.4) is 0 Å². The highest BCUT2D eigenvalue weighted by molar-refractivity contribution is 6.30. The number of amides is 4. The van der Waals surface area contributed by atoms with Gasteiger partial charge in [-0.3, -0.25) is 14.5 Å². The highest BCUT2D eigenvalue weighted by atomic mass is 35.5. The number of fused-ring (bicyclic) bond motifs is 1. The van der Waals surface area contributed by atoms with Gasteiger partial charge in [-0.15, -0.1) is 0 Å². The van der Waals surface area contributed by atoms with Gasteiger partial charge in [0, 0.05) is 10.7 Å². The van der Waals surface area contributed by atoms with Crippen molar-refractivity contribution in [3.8, 4) is 11.5 Å². The van der Waals surface area contributed by atoms with Gasteiger partial charge in [0.1, 0.15) is 25.3 Å². The van der Waals surface area contributed by atoms with Crippen LogP contribution in [0.4, 0.5) is 10.5 Å². The van der Waals surface area contributed by atoms with Crippen molar-refractivity contribution >= 4 is 35.1 Å². The lowest BCUT2D eigenvalue weighted by Gasteiger charge is -2.25. The summed E-state index contributed by atoms with van der Waals surface area (Å²) in [6, 6.07) is 11.0. The zero-order valence-electron chi connectivity index (χ0n) is 15.5. The molecule has 0 aromatic heterocycles. The van der Waals surface area contributed by atoms with E-state index < -0.39 is 29.9 Å². The number of anilines is 1. The average Bonchev–Trinajstić information content (AvgIpc) is 2.91. The van der Waals surface area contributed by atoms with E-state index in [1.807, 2.05) is 0 Å². The number of carbonyl (C=O) groups is 3. The number of halogens is 1. The number of imide groups is 1. The molecule has 2 heterocycles. The number of carbonyl (C=O) groups excluding carboxylic acids is 3. The van der Waals surface area contributed by atoms with Crippen LogP contribution in [-0.4, -0.2) is 42.5 Å². The molecule has 150 valence electrons. The van der Waals surface area contributed by atoms with Gasteiger partial charge < -0.3 is 20.1 Å². The molecule has 29 heavy (non-hydrogen) atoms. The number of urea groups is 1. The quantitative estimate of drug-likeness (QED) is 0.748. The SMILES string of the molecule is C[C@]1(c2ccc3c(c2)OCCO3)NC(=O)N(CC(=O)Nc2cccc(Cl)c2)C1=O. The van der Waals surface area contributed by atoms with Gasteiger partial charge in [-0.1, -0.05) is 23.7 Å². The smallest absolute Gasteiger partial charge is 0.325 e. The molecule has 4 rings (SSSR count). The van der Waals surface area contributed by atoms with Crippen molar-refractivity contribution in [2.24, 2.45) is 0 Å². The molecule has 1 saturated heterocycles. The molecule has 2 aliphatic heterocycles. The van der Waals surface area contributed by atoms with Crippen LogP contribution in [-0.2, 0) is 15.1 Å². The Labute approximate surface area is 171 Å². The first-order valence-corrected chi connectivity index (χ1v) is 9.34. The molecule has 0 spiro atoms. The molecule has 0 aliphatic carbocycles. The monoisotopic (exact) mass is 415 g/mol. The predicted octanol–water partition coefficient (Wildman–Crippen LogP) is 2.52. The largest absolute Gasteiger partial charge is 0.486 e. The standard InChI is InChI=1S/C20H18ClN3O5/c1-20(12-5-6-15-16(9-12)29-8-7-28-15)18(26)24(19(27)23-20)11-17(25)22-14-4-2-3-13(21)10-14/h2-6,9-10H,7-8,11H2,1H3,(H,22,25)(H,23,27)/t20-/m1/s1. The third-order valence-corrected chi connectivity index (χ3v) is 5.04. The molecule has 1 atom stereocenters. The lowest BCUT2D eigenvalue weighted by molar-refractivity contribution is -0.133. The second-order valence-electron chi connectivity index (χ2n) is 6.86. The fraction of sp³-hybridized carbons (Fsp3) is 0.250. The summed E-state index contributed by atoms with van der Waals surface area (Å²) in [5, 5.41) is 5.76. The van der Waals surface area contributed by atoms with Crippen molar-refractivity contribution < 1.29 is 23.9 Å². The summed E-state index contributed by atoms with van der Waals surface area (Å²) in [5.41, 5.74) is -0.300. The van der Waals surface area contributed by atoms with Gasteiger partial charge in [0.2, 0.25) is 5.91 Å². The van der Waals surface area contributed by atoms with Crippen molar-refractivity contribution in [2.75, 3.05) is 25.1 Å². The maximum Gasteiger partial charge on any atom is 0.325 e. The third kappa shape index (κ3) is 3.58. The van der Waals surface area contributed by atoms with Gasteiger partial charge in [-0.2, -0.15) is 0 Å². The van der Waals surface area contributed by atoms with Crippen LogP contribution < -0.4 is 20.1 Å². The number of hydrogen-bond acceptors (Lipinski definition) is 5. The summed E-state index contributed by atoms with van der Waals surface area (Å²) in [5.74, 6) is 0.0508. The van der Waals surface area contributed by atoms with Crippen LogP contribution in [0.5, 0.6) is 11.5 Å². The molecule has 8 nitrogen and oxygen atoms in total. The van der Waals surface area contributed by atoms with Gasteiger partial charge >= 0.3 is 6.03 Å². The third-order valence-electron chi connectivity index (χ3n) is 4.80. The molecule has 0 radical (unpaired) electrons. The van der Waals surface area contributed by atoms with Crippen LogP contribution in [0.25, 0.3) is 0 Å². The van der Waals surface area contributed by atoms with Gasteiger partial charge in [-0.05, 0) is 42.8 Å². The summed E-state index contributed by atoms with van der Waals surface area (Å²) in [6.45, 7) is 2.03. The molecule has 0 bridgehead atoms. The fourth-order valence-electron chi connectivity index (χ4n) is 3.30. The molecule has 1 fully saturated rings. The Kier molecular flexibility index (Phi) is 4.79. The van der Waals surface area contributed by atoms with E-state index in [1.165, 1.54) is 0 Å². The molecular weight excluding hydrogens is 398 g/mol. The van der Waals surface area contributed by atoms with Crippen LogP contribution in [0.2, 0.25) is 5.02 Å². The van der Waals surface area contributed by atoms with E-state index in [1.54, 1.807) is 49.4 Å². The topological polar surface area (TPSA) is 97.0 Å². The zero-order chi connectivity index (χ0) is 20.6. The van der Waals surface area contributed by atoms with Gasteiger partial charge in [0.15, 0.2) is 11.5 Å². The molecule has 2 aliphatic rings. The van der Waals surface area contributed by atoms with Crippen LogP contribution in [0, 0.1) is 0 Å². The van der Waals surface area contributed by atoms with Gasteiger partial charge in [-0.25, -0.2) is 4.79 Å². The molecule has 2 aromatic carbocycles. The average molecular weight is 416 g/mol. The van der Waals surface area contributed by atoms with E-state index in [0.29, 0.717) is 41.0 Å². The van der Waals surface area contributed by atoms with Crippen molar-refractivity contribution in [3.05, 3.63) is 53.1 Å². The Morgan fingerprint density at radius 3 is 2.69 bits per heavy atom. The zero-order valence-corrected chi connectivity index (χ0v) is 16.3. The number of rotatable bonds is 4. The van der Waals surface area contributed by atoms with Crippen LogP contribution >= 0.6 is 11.6 Å². The Hall–Kier alpha value is -3.26. The normalized spacial score (nSPS) is 20.4. The minimum atomic E-state index is -1.32. The minimum absolute atomic E-state index is 0.406. The summed E-state index contributed by atoms with van der Waals surface area (Å²) >= 11 is 5.90. The number of nitrogens with zero attached hydrogens (tertiary/aromatic N) is 1. The highest BCUT2D eigenvalue weighted by Crippen LogP contribution is 2.36.